The molecule has 0 aromatic carbocycles. The summed E-state index contributed by atoms with van der Waals surface area (Å²) >= 11 is 0. The number of aromatic nitrogens is 1. The van der Waals surface area contributed by atoms with Crippen molar-refractivity contribution in [2.45, 2.75) is 58.9 Å². The van der Waals surface area contributed by atoms with Crippen LogP contribution in [0.4, 0.5) is 0 Å². The highest BCUT2D eigenvalue weighted by Crippen LogP contribution is 2.34. The fourth-order valence-electron chi connectivity index (χ4n) is 3.14. The topological polar surface area (TPSA) is 42.0 Å². The second-order valence-corrected chi connectivity index (χ2v) is 7.20. The molecule has 0 bridgehead atoms. The van der Waals surface area contributed by atoms with E-state index in [1.165, 1.54) is 19.3 Å². The van der Waals surface area contributed by atoms with Crippen LogP contribution in [0.1, 0.15) is 63.2 Å². The Balaban J connectivity index is 1.79. The van der Waals surface area contributed by atoms with E-state index in [2.05, 4.69) is 31.1 Å². The van der Waals surface area contributed by atoms with Gasteiger partial charge in [0, 0.05) is 18.4 Å². The first kappa shape index (κ1) is 15.0. The third-order valence-corrected chi connectivity index (χ3v) is 4.01. The molecule has 20 heavy (non-hydrogen) atoms. The zero-order chi connectivity index (χ0) is 14.6. The van der Waals surface area contributed by atoms with Gasteiger partial charge in [-0.2, -0.15) is 0 Å². The van der Waals surface area contributed by atoms with Crippen LogP contribution in [0, 0.1) is 11.3 Å². The van der Waals surface area contributed by atoms with E-state index in [9.17, 15) is 4.79 Å². The highest BCUT2D eigenvalue weighted by atomic mass is 16.1. The molecule has 1 aliphatic carbocycles. The zero-order valence-electron chi connectivity index (χ0n) is 12.9. The number of hydrogen-bond donors (Lipinski definition) is 1. The quantitative estimate of drug-likeness (QED) is 0.910. The predicted octanol–water partition coefficient (Wildman–Crippen LogP) is 3.81. The van der Waals surface area contributed by atoms with Crippen molar-refractivity contribution < 1.29 is 4.79 Å². The lowest BCUT2D eigenvalue weighted by Gasteiger charge is -2.33. The monoisotopic (exact) mass is 274 g/mol. The molecule has 1 amide bonds. The fraction of sp³-hybridized carbons (Fsp3) is 0.647. The molecule has 1 saturated carbocycles. The summed E-state index contributed by atoms with van der Waals surface area (Å²) in [4.78, 5) is 16.1. The van der Waals surface area contributed by atoms with Crippen LogP contribution in [0.5, 0.6) is 0 Å². The van der Waals surface area contributed by atoms with Gasteiger partial charge in [-0.05, 0) is 55.6 Å². The number of nitrogens with one attached hydrogen (secondary N) is 1. The van der Waals surface area contributed by atoms with E-state index < -0.39 is 0 Å². The first-order valence-electron chi connectivity index (χ1n) is 7.65. The van der Waals surface area contributed by atoms with Gasteiger partial charge in [-0.25, -0.2) is 0 Å². The number of pyridine rings is 1. The van der Waals surface area contributed by atoms with Gasteiger partial charge in [0.05, 0.1) is 5.56 Å². The predicted molar refractivity (Wildman–Crippen MR) is 81.5 cm³/mol. The van der Waals surface area contributed by atoms with Gasteiger partial charge in [0.2, 0.25) is 0 Å². The number of nitrogens with zero attached hydrogens (tertiary/aromatic N) is 1. The SMILES string of the molecule is CC(C)(C)CC1CCC(NC(=O)c2cccnc2)CC1. The number of carbonyl (C=O) groups is 1. The summed E-state index contributed by atoms with van der Waals surface area (Å²) in [7, 11) is 0. The zero-order valence-corrected chi connectivity index (χ0v) is 12.9. The van der Waals surface area contributed by atoms with Crippen LogP contribution in [-0.2, 0) is 0 Å². The van der Waals surface area contributed by atoms with E-state index in [1.807, 2.05) is 6.07 Å². The van der Waals surface area contributed by atoms with E-state index in [4.69, 9.17) is 0 Å². The van der Waals surface area contributed by atoms with Gasteiger partial charge >= 0.3 is 0 Å². The summed E-state index contributed by atoms with van der Waals surface area (Å²) < 4.78 is 0. The van der Waals surface area contributed by atoms with Crippen LogP contribution < -0.4 is 5.32 Å². The largest absolute Gasteiger partial charge is 0.349 e. The molecule has 1 aromatic heterocycles. The lowest BCUT2D eigenvalue weighted by Crippen LogP contribution is -2.38. The van der Waals surface area contributed by atoms with Crippen molar-refractivity contribution in [3.05, 3.63) is 30.1 Å². The summed E-state index contributed by atoms with van der Waals surface area (Å²) in [6, 6.07) is 3.95. The van der Waals surface area contributed by atoms with Crippen LogP contribution >= 0.6 is 0 Å². The summed E-state index contributed by atoms with van der Waals surface area (Å²) in [5.74, 6) is 0.832. The van der Waals surface area contributed by atoms with E-state index >= 15 is 0 Å². The Hall–Kier alpha value is -1.38. The summed E-state index contributed by atoms with van der Waals surface area (Å²) in [5, 5.41) is 3.14. The third-order valence-electron chi connectivity index (χ3n) is 4.01. The number of amides is 1. The summed E-state index contributed by atoms with van der Waals surface area (Å²) in [5.41, 5.74) is 1.07. The molecular formula is C17H26N2O. The lowest BCUT2D eigenvalue weighted by atomic mass is 9.76. The Morgan fingerprint density at radius 2 is 2.00 bits per heavy atom. The molecule has 1 N–H and O–H groups in total. The van der Waals surface area contributed by atoms with E-state index in [-0.39, 0.29) is 5.91 Å². The molecule has 1 fully saturated rings. The second kappa shape index (κ2) is 6.38. The Bertz CT molecular complexity index is 428. The lowest BCUT2D eigenvalue weighted by molar-refractivity contribution is 0.0916. The van der Waals surface area contributed by atoms with Crippen LogP contribution in [0.15, 0.2) is 24.5 Å². The van der Waals surface area contributed by atoms with E-state index in [1.54, 1.807) is 18.5 Å². The smallest absolute Gasteiger partial charge is 0.253 e. The maximum absolute atomic E-state index is 12.1. The molecule has 2 rings (SSSR count). The molecule has 110 valence electrons. The third kappa shape index (κ3) is 4.62. The molecule has 0 atom stereocenters. The fourth-order valence-corrected chi connectivity index (χ4v) is 3.14. The standard InChI is InChI=1S/C17H26N2O/c1-17(2,3)11-13-6-8-15(9-7-13)19-16(20)14-5-4-10-18-12-14/h4-5,10,12-13,15H,6-9,11H2,1-3H3,(H,19,20). The van der Waals surface area contributed by atoms with Crippen molar-refractivity contribution in [3.8, 4) is 0 Å². The van der Waals surface area contributed by atoms with Crippen LogP contribution in [0.25, 0.3) is 0 Å². The maximum atomic E-state index is 12.1. The van der Waals surface area contributed by atoms with Crippen LogP contribution in [-0.4, -0.2) is 16.9 Å². The van der Waals surface area contributed by atoms with Crippen molar-refractivity contribution in [1.82, 2.24) is 10.3 Å². The molecular weight excluding hydrogens is 248 g/mol. The molecule has 0 radical (unpaired) electrons. The Morgan fingerprint density at radius 1 is 1.30 bits per heavy atom. The van der Waals surface area contributed by atoms with Gasteiger partial charge < -0.3 is 5.32 Å². The Kier molecular flexibility index (Phi) is 4.79. The number of rotatable bonds is 3. The van der Waals surface area contributed by atoms with Gasteiger partial charge in [0.25, 0.3) is 5.91 Å². The maximum Gasteiger partial charge on any atom is 0.253 e. The van der Waals surface area contributed by atoms with E-state index in [0.29, 0.717) is 17.0 Å². The molecule has 0 spiro atoms. The van der Waals surface area contributed by atoms with Crippen molar-refractivity contribution in [1.29, 1.82) is 0 Å². The molecule has 3 nitrogen and oxygen atoms in total. The van der Waals surface area contributed by atoms with Crippen LogP contribution in [0.3, 0.4) is 0 Å². The molecule has 0 saturated heterocycles. The normalized spacial score (nSPS) is 23.4. The van der Waals surface area contributed by atoms with Crippen molar-refractivity contribution >= 4 is 5.91 Å². The molecule has 1 aromatic rings. The van der Waals surface area contributed by atoms with Crippen LogP contribution in [0.2, 0.25) is 0 Å². The average molecular weight is 274 g/mol. The molecule has 0 unspecified atom stereocenters. The Morgan fingerprint density at radius 3 is 2.55 bits per heavy atom. The number of carbonyl (C=O) groups excluding carboxylic acids is 1. The molecule has 0 aliphatic heterocycles. The van der Waals surface area contributed by atoms with Crippen molar-refractivity contribution in [2.75, 3.05) is 0 Å². The minimum absolute atomic E-state index is 0.0115. The van der Waals surface area contributed by atoms with Crippen molar-refractivity contribution in [3.63, 3.8) is 0 Å². The summed E-state index contributed by atoms with van der Waals surface area (Å²) in [6.07, 6.45) is 9.27. The van der Waals surface area contributed by atoms with Gasteiger partial charge in [0.1, 0.15) is 0 Å². The van der Waals surface area contributed by atoms with Gasteiger partial charge in [0.15, 0.2) is 0 Å². The van der Waals surface area contributed by atoms with Gasteiger partial charge in [-0.3, -0.25) is 9.78 Å². The van der Waals surface area contributed by atoms with Gasteiger partial charge in [-0.1, -0.05) is 20.8 Å². The van der Waals surface area contributed by atoms with E-state index in [0.717, 1.165) is 18.8 Å². The first-order valence-corrected chi connectivity index (χ1v) is 7.65. The first-order chi connectivity index (χ1) is 9.44. The minimum Gasteiger partial charge on any atom is -0.349 e. The highest BCUT2D eigenvalue weighted by molar-refractivity contribution is 5.93. The second-order valence-electron chi connectivity index (χ2n) is 7.20. The highest BCUT2D eigenvalue weighted by Gasteiger charge is 2.25. The molecule has 1 heterocycles. The number of hydrogen-bond acceptors (Lipinski definition) is 2. The molecule has 3 heteroatoms. The van der Waals surface area contributed by atoms with Gasteiger partial charge in [-0.15, -0.1) is 0 Å². The minimum atomic E-state index is 0.0115. The Labute approximate surface area is 122 Å². The average Bonchev–Trinajstić information content (AvgIpc) is 2.40. The summed E-state index contributed by atoms with van der Waals surface area (Å²) in [6.45, 7) is 6.93. The van der Waals surface area contributed by atoms with Crippen molar-refractivity contribution in [2.24, 2.45) is 11.3 Å². The molecule has 1 aliphatic rings.